The normalized spacial score (nSPS) is 18.4. The molecule has 1 unspecified atom stereocenters. The molecule has 0 saturated heterocycles. The van der Waals surface area contributed by atoms with E-state index in [1.165, 1.54) is 6.07 Å². The number of alkyl halides is 3. The first-order chi connectivity index (χ1) is 11.3. The van der Waals surface area contributed by atoms with Gasteiger partial charge in [0.05, 0.1) is 11.0 Å². The van der Waals surface area contributed by atoms with Gasteiger partial charge in [0.15, 0.2) is 0 Å². The van der Waals surface area contributed by atoms with Crippen LogP contribution in [0.15, 0.2) is 24.3 Å². The average molecular weight is 343 g/mol. The summed E-state index contributed by atoms with van der Waals surface area (Å²) in [5, 5.41) is 2.95. The SMILES string of the molecule is COCCC(C)NC(=O)C1(c2cccc(C(F)(F)F)c2)CCCC1. The molecule has 0 radical (unpaired) electrons. The molecule has 1 fully saturated rings. The van der Waals surface area contributed by atoms with Crippen LogP contribution in [-0.4, -0.2) is 25.7 Å². The fourth-order valence-corrected chi connectivity index (χ4v) is 3.35. The summed E-state index contributed by atoms with van der Waals surface area (Å²) in [5.74, 6) is -0.178. The van der Waals surface area contributed by atoms with Crippen molar-refractivity contribution in [1.82, 2.24) is 5.32 Å². The van der Waals surface area contributed by atoms with Crippen LogP contribution in [0, 0.1) is 0 Å². The van der Waals surface area contributed by atoms with Gasteiger partial charge in [0.25, 0.3) is 0 Å². The predicted octanol–water partition coefficient (Wildman–Crippen LogP) is 4.06. The molecular weight excluding hydrogens is 319 g/mol. The minimum Gasteiger partial charge on any atom is -0.385 e. The number of carbonyl (C=O) groups is 1. The number of hydrogen-bond donors (Lipinski definition) is 1. The standard InChI is InChI=1S/C18H24F3NO2/c1-13(8-11-24-2)22-16(23)17(9-3-4-10-17)14-6-5-7-15(12-14)18(19,20)21/h5-7,12-13H,3-4,8-11H2,1-2H3,(H,22,23). The summed E-state index contributed by atoms with van der Waals surface area (Å²) in [6.07, 6.45) is -0.889. The van der Waals surface area contributed by atoms with Crippen LogP contribution in [0.25, 0.3) is 0 Å². The van der Waals surface area contributed by atoms with Gasteiger partial charge in [-0.3, -0.25) is 4.79 Å². The van der Waals surface area contributed by atoms with Crippen LogP contribution in [-0.2, 0) is 21.1 Å². The minimum absolute atomic E-state index is 0.0827. The minimum atomic E-state index is -4.40. The summed E-state index contributed by atoms with van der Waals surface area (Å²) in [5.41, 5.74) is -1.10. The number of amides is 1. The highest BCUT2D eigenvalue weighted by Crippen LogP contribution is 2.43. The topological polar surface area (TPSA) is 38.3 Å². The van der Waals surface area contributed by atoms with E-state index < -0.39 is 17.2 Å². The zero-order valence-corrected chi connectivity index (χ0v) is 14.1. The zero-order chi connectivity index (χ0) is 17.8. The van der Waals surface area contributed by atoms with Crippen molar-refractivity contribution in [2.24, 2.45) is 0 Å². The van der Waals surface area contributed by atoms with Gasteiger partial charge in [-0.2, -0.15) is 13.2 Å². The number of methoxy groups -OCH3 is 1. The fourth-order valence-electron chi connectivity index (χ4n) is 3.35. The van der Waals surface area contributed by atoms with Gasteiger partial charge in [0, 0.05) is 19.8 Å². The first-order valence-corrected chi connectivity index (χ1v) is 8.27. The van der Waals surface area contributed by atoms with E-state index in [0.29, 0.717) is 31.4 Å². The first-order valence-electron chi connectivity index (χ1n) is 8.27. The van der Waals surface area contributed by atoms with Crippen LogP contribution < -0.4 is 5.32 Å². The lowest BCUT2D eigenvalue weighted by Crippen LogP contribution is -2.46. The lowest BCUT2D eigenvalue weighted by Gasteiger charge is -2.30. The smallest absolute Gasteiger partial charge is 0.385 e. The molecule has 0 aliphatic heterocycles. The molecule has 1 aromatic rings. The Balaban J connectivity index is 2.26. The molecule has 1 aliphatic carbocycles. The molecule has 1 aromatic carbocycles. The lowest BCUT2D eigenvalue weighted by molar-refractivity contribution is -0.138. The maximum Gasteiger partial charge on any atom is 0.416 e. The molecule has 134 valence electrons. The third kappa shape index (κ3) is 4.09. The molecule has 0 bridgehead atoms. The van der Waals surface area contributed by atoms with Gasteiger partial charge >= 0.3 is 6.18 Å². The number of carbonyl (C=O) groups excluding carboxylic acids is 1. The fraction of sp³-hybridized carbons (Fsp3) is 0.611. The highest BCUT2D eigenvalue weighted by Gasteiger charge is 2.44. The van der Waals surface area contributed by atoms with E-state index in [1.54, 1.807) is 13.2 Å². The number of halogens is 3. The molecule has 0 aromatic heterocycles. The Morgan fingerprint density at radius 3 is 2.58 bits per heavy atom. The molecule has 0 spiro atoms. The summed E-state index contributed by atoms with van der Waals surface area (Å²) in [6, 6.07) is 5.12. The van der Waals surface area contributed by atoms with Crippen molar-refractivity contribution in [1.29, 1.82) is 0 Å². The van der Waals surface area contributed by atoms with E-state index in [4.69, 9.17) is 4.74 Å². The molecule has 1 saturated carbocycles. The quantitative estimate of drug-likeness (QED) is 0.846. The molecule has 1 aliphatic rings. The molecule has 0 heterocycles. The Morgan fingerprint density at radius 2 is 2.00 bits per heavy atom. The second-order valence-corrected chi connectivity index (χ2v) is 6.52. The van der Waals surface area contributed by atoms with E-state index >= 15 is 0 Å². The highest BCUT2D eigenvalue weighted by atomic mass is 19.4. The van der Waals surface area contributed by atoms with Crippen molar-refractivity contribution >= 4 is 5.91 Å². The molecule has 1 atom stereocenters. The van der Waals surface area contributed by atoms with Crippen LogP contribution in [0.1, 0.15) is 50.2 Å². The Hall–Kier alpha value is -1.56. The van der Waals surface area contributed by atoms with Crippen molar-refractivity contribution in [2.45, 2.75) is 56.7 Å². The Kier molecular flexibility index (Phi) is 5.91. The summed E-state index contributed by atoms with van der Waals surface area (Å²) in [6.45, 7) is 2.41. The van der Waals surface area contributed by atoms with Crippen molar-refractivity contribution in [2.75, 3.05) is 13.7 Å². The van der Waals surface area contributed by atoms with Crippen LogP contribution in [0.2, 0.25) is 0 Å². The van der Waals surface area contributed by atoms with Crippen LogP contribution in [0.5, 0.6) is 0 Å². The number of ether oxygens (including phenoxy) is 1. The van der Waals surface area contributed by atoms with Gasteiger partial charge in [-0.1, -0.05) is 31.0 Å². The molecule has 1 N–H and O–H groups in total. The van der Waals surface area contributed by atoms with E-state index in [-0.39, 0.29) is 11.9 Å². The van der Waals surface area contributed by atoms with Gasteiger partial charge in [0.2, 0.25) is 5.91 Å². The number of hydrogen-bond acceptors (Lipinski definition) is 2. The molecule has 1 amide bonds. The second-order valence-electron chi connectivity index (χ2n) is 6.52. The zero-order valence-electron chi connectivity index (χ0n) is 14.1. The van der Waals surface area contributed by atoms with Gasteiger partial charge in [-0.25, -0.2) is 0 Å². The van der Waals surface area contributed by atoms with Gasteiger partial charge in [-0.15, -0.1) is 0 Å². The average Bonchev–Trinajstić information content (AvgIpc) is 3.03. The third-order valence-electron chi connectivity index (χ3n) is 4.77. The summed E-state index contributed by atoms with van der Waals surface area (Å²) in [4.78, 5) is 12.9. The summed E-state index contributed by atoms with van der Waals surface area (Å²) >= 11 is 0. The van der Waals surface area contributed by atoms with Gasteiger partial charge in [0.1, 0.15) is 0 Å². The van der Waals surface area contributed by atoms with Crippen LogP contribution in [0.4, 0.5) is 13.2 Å². The van der Waals surface area contributed by atoms with E-state index in [0.717, 1.165) is 25.0 Å². The van der Waals surface area contributed by atoms with E-state index in [9.17, 15) is 18.0 Å². The Morgan fingerprint density at radius 1 is 1.33 bits per heavy atom. The van der Waals surface area contributed by atoms with Crippen LogP contribution >= 0.6 is 0 Å². The molecule has 6 heteroatoms. The molecule has 24 heavy (non-hydrogen) atoms. The monoisotopic (exact) mass is 343 g/mol. The van der Waals surface area contributed by atoms with Crippen molar-refractivity contribution in [3.63, 3.8) is 0 Å². The maximum atomic E-state index is 13.0. The number of rotatable bonds is 6. The molecule has 2 rings (SSSR count). The molecule has 3 nitrogen and oxygen atoms in total. The summed E-state index contributed by atoms with van der Waals surface area (Å²) in [7, 11) is 1.59. The van der Waals surface area contributed by atoms with Gasteiger partial charge < -0.3 is 10.1 Å². The van der Waals surface area contributed by atoms with E-state index in [1.807, 2.05) is 6.92 Å². The first kappa shape index (κ1) is 18.8. The third-order valence-corrected chi connectivity index (χ3v) is 4.77. The highest BCUT2D eigenvalue weighted by molar-refractivity contribution is 5.88. The maximum absolute atomic E-state index is 13.0. The molecular formula is C18H24F3NO2. The van der Waals surface area contributed by atoms with Crippen molar-refractivity contribution < 1.29 is 22.7 Å². The van der Waals surface area contributed by atoms with Crippen molar-refractivity contribution in [3.05, 3.63) is 35.4 Å². The number of benzene rings is 1. The number of nitrogens with one attached hydrogen (secondary N) is 1. The largest absolute Gasteiger partial charge is 0.416 e. The summed E-state index contributed by atoms with van der Waals surface area (Å²) < 4.78 is 44.1. The van der Waals surface area contributed by atoms with Crippen molar-refractivity contribution in [3.8, 4) is 0 Å². The predicted molar refractivity (Wildman–Crippen MR) is 85.7 cm³/mol. The second kappa shape index (κ2) is 7.55. The van der Waals surface area contributed by atoms with Crippen LogP contribution in [0.3, 0.4) is 0 Å². The van der Waals surface area contributed by atoms with E-state index in [2.05, 4.69) is 5.32 Å². The Bertz CT molecular complexity index is 566. The lowest BCUT2D eigenvalue weighted by atomic mass is 9.77. The Labute approximate surface area is 140 Å². The van der Waals surface area contributed by atoms with Gasteiger partial charge in [-0.05, 0) is 37.8 Å².